The zero-order valence-corrected chi connectivity index (χ0v) is 13.0. The lowest BCUT2D eigenvalue weighted by molar-refractivity contribution is 0.000903. The van der Waals surface area contributed by atoms with Gasteiger partial charge in [-0.1, -0.05) is 6.92 Å². The quantitative estimate of drug-likeness (QED) is 0.898. The summed E-state index contributed by atoms with van der Waals surface area (Å²) in [4.78, 5) is 5.07. The Bertz CT molecular complexity index is 438. The van der Waals surface area contributed by atoms with Crippen molar-refractivity contribution in [3.63, 3.8) is 0 Å². The van der Waals surface area contributed by atoms with E-state index in [4.69, 9.17) is 5.73 Å². The Kier molecular flexibility index (Phi) is 3.93. The van der Waals surface area contributed by atoms with Gasteiger partial charge in [-0.15, -0.1) is 0 Å². The lowest BCUT2D eigenvalue weighted by atomic mass is 9.98. The minimum absolute atomic E-state index is 0.0338. The third kappa shape index (κ3) is 2.46. The van der Waals surface area contributed by atoms with Crippen LogP contribution in [0.2, 0.25) is 0 Å². The number of halogens is 1. The summed E-state index contributed by atoms with van der Waals surface area (Å²) in [7, 11) is 0. The van der Waals surface area contributed by atoms with E-state index in [9.17, 15) is 0 Å². The number of piperazine rings is 3. The van der Waals surface area contributed by atoms with Crippen molar-refractivity contribution in [2.75, 3.05) is 32.7 Å². The topological polar surface area (TPSA) is 50.3 Å². The molecule has 6 heteroatoms. The third-order valence-electron chi connectivity index (χ3n) is 4.32. The Morgan fingerprint density at radius 2 is 2.16 bits per heavy atom. The second kappa shape index (κ2) is 5.52. The molecule has 0 saturated carbocycles. The highest BCUT2D eigenvalue weighted by Gasteiger charge is 2.37. The number of nitrogens with two attached hydrogens (primary N) is 1. The van der Waals surface area contributed by atoms with Crippen LogP contribution in [0.1, 0.15) is 25.1 Å². The van der Waals surface area contributed by atoms with Gasteiger partial charge in [0, 0.05) is 45.3 Å². The highest BCUT2D eigenvalue weighted by atomic mass is 79.9. The van der Waals surface area contributed by atoms with E-state index in [1.54, 1.807) is 0 Å². The molecule has 0 aliphatic carbocycles. The van der Waals surface area contributed by atoms with E-state index in [1.807, 2.05) is 6.20 Å². The molecular formula is C13H22BrN5. The van der Waals surface area contributed by atoms with Gasteiger partial charge in [0.2, 0.25) is 0 Å². The van der Waals surface area contributed by atoms with Gasteiger partial charge in [0.15, 0.2) is 0 Å². The van der Waals surface area contributed by atoms with Gasteiger partial charge in [-0.05, 0) is 22.4 Å². The molecule has 0 aromatic carbocycles. The largest absolute Gasteiger partial charge is 0.321 e. The Morgan fingerprint density at radius 1 is 1.42 bits per heavy atom. The fourth-order valence-electron chi connectivity index (χ4n) is 3.27. The SMILES string of the molecule is CCCn1ncc(Br)c1C(N)C1CN2CCN1CC2. The van der Waals surface area contributed by atoms with Gasteiger partial charge in [-0.2, -0.15) is 5.10 Å². The summed E-state index contributed by atoms with van der Waals surface area (Å²) in [6.07, 6.45) is 2.95. The van der Waals surface area contributed by atoms with Crippen LogP contribution >= 0.6 is 15.9 Å². The van der Waals surface area contributed by atoms with Crippen molar-refractivity contribution in [3.05, 3.63) is 16.4 Å². The van der Waals surface area contributed by atoms with Crippen LogP contribution in [0, 0.1) is 0 Å². The van der Waals surface area contributed by atoms with E-state index in [2.05, 4.69) is 42.4 Å². The van der Waals surface area contributed by atoms with Gasteiger partial charge in [0.25, 0.3) is 0 Å². The standard InChI is InChI=1S/C13H22BrN5/c1-2-3-19-13(10(14)8-16-19)12(15)11-9-17-4-6-18(11)7-5-17/h8,11-12H,2-7,9,15H2,1H3. The van der Waals surface area contributed by atoms with Gasteiger partial charge in [0.05, 0.1) is 22.4 Å². The molecule has 2 unspecified atom stereocenters. The van der Waals surface area contributed by atoms with Gasteiger partial charge in [0.1, 0.15) is 0 Å². The Balaban J connectivity index is 1.83. The minimum atomic E-state index is 0.0338. The number of aromatic nitrogens is 2. The molecule has 1 aromatic rings. The molecule has 4 rings (SSSR count). The number of nitrogens with zero attached hydrogens (tertiary/aromatic N) is 4. The highest BCUT2D eigenvalue weighted by Crippen LogP contribution is 2.30. The van der Waals surface area contributed by atoms with E-state index >= 15 is 0 Å². The van der Waals surface area contributed by atoms with Crippen LogP contribution in [0.3, 0.4) is 0 Å². The normalized spacial score (nSPS) is 31.6. The molecule has 19 heavy (non-hydrogen) atoms. The summed E-state index contributed by atoms with van der Waals surface area (Å²) >= 11 is 3.61. The number of fused-ring (bicyclic) bond motifs is 3. The van der Waals surface area contributed by atoms with Crippen molar-refractivity contribution in [2.24, 2.45) is 5.73 Å². The second-order valence-corrected chi connectivity index (χ2v) is 6.38. The van der Waals surface area contributed by atoms with Crippen LogP contribution in [0.4, 0.5) is 0 Å². The van der Waals surface area contributed by atoms with Crippen LogP contribution in [-0.4, -0.2) is 58.3 Å². The molecule has 106 valence electrons. The summed E-state index contributed by atoms with van der Waals surface area (Å²) in [5.41, 5.74) is 7.73. The van der Waals surface area contributed by atoms with Gasteiger partial charge in [-0.3, -0.25) is 14.5 Å². The molecule has 3 saturated heterocycles. The first-order valence-corrected chi connectivity index (χ1v) is 7.93. The van der Waals surface area contributed by atoms with E-state index in [-0.39, 0.29) is 6.04 Å². The molecule has 0 amide bonds. The molecule has 2 atom stereocenters. The van der Waals surface area contributed by atoms with Crippen LogP contribution < -0.4 is 5.73 Å². The maximum atomic E-state index is 6.57. The highest BCUT2D eigenvalue weighted by molar-refractivity contribution is 9.10. The lowest BCUT2D eigenvalue weighted by Gasteiger charge is -2.49. The lowest BCUT2D eigenvalue weighted by Crippen LogP contribution is -2.63. The molecule has 3 aliphatic heterocycles. The molecule has 0 radical (unpaired) electrons. The maximum absolute atomic E-state index is 6.57. The molecule has 4 heterocycles. The van der Waals surface area contributed by atoms with Crippen LogP contribution in [-0.2, 0) is 6.54 Å². The molecular weight excluding hydrogens is 306 g/mol. The van der Waals surface area contributed by atoms with Gasteiger partial charge >= 0.3 is 0 Å². The molecule has 3 fully saturated rings. The molecule has 1 aromatic heterocycles. The summed E-state index contributed by atoms with van der Waals surface area (Å²) in [5.74, 6) is 0. The number of aryl methyl sites for hydroxylation is 1. The summed E-state index contributed by atoms with van der Waals surface area (Å²) in [6.45, 7) is 8.88. The number of hydrogen-bond donors (Lipinski definition) is 1. The van der Waals surface area contributed by atoms with Gasteiger partial charge in [-0.25, -0.2) is 0 Å². The fourth-order valence-corrected chi connectivity index (χ4v) is 3.83. The summed E-state index contributed by atoms with van der Waals surface area (Å²) in [6, 6.07) is 0.456. The maximum Gasteiger partial charge on any atom is 0.0710 e. The van der Waals surface area contributed by atoms with Crippen molar-refractivity contribution in [1.82, 2.24) is 19.6 Å². The van der Waals surface area contributed by atoms with Crippen molar-refractivity contribution < 1.29 is 0 Å². The average molecular weight is 328 g/mol. The molecule has 5 nitrogen and oxygen atoms in total. The van der Waals surface area contributed by atoms with E-state index in [0.29, 0.717) is 6.04 Å². The number of rotatable bonds is 4. The smallest absolute Gasteiger partial charge is 0.0710 e. The Morgan fingerprint density at radius 3 is 2.74 bits per heavy atom. The molecule has 0 spiro atoms. The van der Waals surface area contributed by atoms with E-state index in [1.165, 1.54) is 13.1 Å². The first-order chi connectivity index (χ1) is 9.20. The zero-order valence-electron chi connectivity index (χ0n) is 11.4. The third-order valence-corrected chi connectivity index (χ3v) is 4.93. The van der Waals surface area contributed by atoms with Crippen molar-refractivity contribution in [1.29, 1.82) is 0 Å². The second-order valence-electron chi connectivity index (χ2n) is 5.53. The number of hydrogen-bond acceptors (Lipinski definition) is 4. The minimum Gasteiger partial charge on any atom is -0.321 e. The fraction of sp³-hybridized carbons (Fsp3) is 0.769. The van der Waals surface area contributed by atoms with Crippen molar-refractivity contribution in [3.8, 4) is 0 Å². The van der Waals surface area contributed by atoms with E-state index < -0.39 is 0 Å². The van der Waals surface area contributed by atoms with Crippen LogP contribution in [0.5, 0.6) is 0 Å². The van der Waals surface area contributed by atoms with Crippen LogP contribution in [0.25, 0.3) is 0 Å². The molecule has 2 bridgehead atoms. The van der Waals surface area contributed by atoms with E-state index in [0.717, 1.165) is 42.8 Å². The first kappa shape index (κ1) is 13.5. The van der Waals surface area contributed by atoms with Gasteiger partial charge < -0.3 is 5.73 Å². The zero-order chi connectivity index (χ0) is 13.4. The summed E-state index contributed by atoms with van der Waals surface area (Å²) < 4.78 is 3.11. The summed E-state index contributed by atoms with van der Waals surface area (Å²) in [5, 5.41) is 4.44. The van der Waals surface area contributed by atoms with Crippen molar-refractivity contribution in [2.45, 2.75) is 32.0 Å². The molecule has 2 N–H and O–H groups in total. The first-order valence-electron chi connectivity index (χ1n) is 7.14. The predicted molar refractivity (Wildman–Crippen MR) is 78.9 cm³/mol. The monoisotopic (exact) mass is 327 g/mol. The Labute approximate surface area is 122 Å². The average Bonchev–Trinajstić information content (AvgIpc) is 2.81. The van der Waals surface area contributed by atoms with Crippen molar-refractivity contribution >= 4 is 15.9 Å². The Hall–Kier alpha value is -0.430. The molecule has 3 aliphatic rings. The predicted octanol–water partition coefficient (Wildman–Crippen LogP) is 1.06. The van der Waals surface area contributed by atoms with Crippen LogP contribution in [0.15, 0.2) is 10.7 Å².